The average Bonchev–Trinajstić information content (AvgIpc) is 3.73. The zero-order valence-corrected chi connectivity index (χ0v) is 29.9. The van der Waals surface area contributed by atoms with Crippen molar-refractivity contribution >= 4 is 55.5 Å². The number of benzene rings is 4. The molecule has 49 heavy (non-hydrogen) atoms. The van der Waals surface area contributed by atoms with Gasteiger partial charge in [0, 0.05) is 19.1 Å². The monoisotopic (exact) mass is 711 g/mol. The van der Waals surface area contributed by atoms with Crippen LogP contribution in [-0.4, -0.2) is 52.0 Å². The summed E-state index contributed by atoms with van der Waals surface area (Å²) < 4.78 is 14.4. The lowest BCUT2D eigenvalue weighted by atomic mass is 9.78. The maximum Gasteiger partial charge on any atom is 0.279 e. The van der Waals surface area contributed by atoms with Gasteiger partial charge in [0.05, 0.1) is 20.4 Å². The standard InChI is InChI=1S/C39H41N5O2S2.ClH/c40-37(29-17-21-43(22-18-29)25-27-9-13-31(14-10-27)45-38-41-33-5-1-3-7-35(33)47-38)30-19-23-44(24-20-30)26-28-11-15-32(16-12-28)46-39-42-34-6-2-4-8-36(34)48-39;/h1-16,29-30,37H,17-26,40H2;1H. The van der Waals surface area contributed by atoms with Crippen LogP contribution in [0.3, 0.4) is 0 Å². The molecule has 2 aliphatic rings. The quantitative estimate of drug-likeness (QED) is 0.152. The van der Waals surface area contributed by atoms with Gasteiger partial charge < -0.3 is 15.2 Å². The van der Waals surface area contributed by atoms with E-state index in [-0.39, 0.29) is 12.4 Å². The van der Waals surface area contributed by atoms with Gasteiger partial charge in [0.1, 0.15) is 11.5 Å². The third kappa shape index (κ3) is 8.26. The third-order valence-electron chi connectivity index (χ3n) is 9.97. The van der Waals surface area contributed by atoms with Gasteiger partial charge in [0.25, 0.3) is 10.4 Å². The fraction of sp³-hybridized carbons (Fsp3) is 0.333. The maximum atomic E-state index is 6.95. The number of hydrogen-bond acceptors (Lipinski definition) is 9. The number of fused-ring (bicyclic) bond motifs is 2. The number of rotatable bonds is 10. The van der Waals surface area contributed by atoms with Gasteiger partial charge in [-0.15, -0.1) is 12.4 Å². The Bertz CT molecular complexity index is 1740. The Morgan fingerprint density at radius 3 is 1.37 bits per heavy atom. The van der Waals surface area contributed by atoms with E-state index in [0.717, 1.165) is 71.2 Å². The van der Waals surface area contributed by atoms with Crippen LogP contribution in [0.1, 0.15) is 36.8 Å². The molecule has 0 atom stereocenters. The van der Waals surface area contributed by atoms with Crippen molar-refractivity contribution in [3.8, 4) is 21.9 Å². The number of likely N-dealkylation sites (tertiary alicyclic amines) is 2. The molecule has 2 saturated heterocycles. The Kier molecular flexibility index (Phi) is 10.8. The number of thiazole rings is 2. The summed E-state index contributed by atoms with van der Waals surface area (Å²) in [5, 5.41) is 1.37. The molecule has 4 aromatic carbocycles. The smallest absolute Gasteiger partial charge is 0.279 e. The van der Waals surface area contributed by atoms with E-state index >= 15 is 0 Å². The number of aromatic nitrogens is 2. The van der Waals surface area contributed by atoms with Crippen LogP contribution in [-0.2, 0) is 13.1 Å². The van der Waals surface area contributed by atoms with Crippen molar-refractivity contribution in [2.24, 2.45) is 17.6 Å². The number of hydrogen-bond donors (Lipinski definition) is 1. The molecule has 2 aromatic heterocycles. The van der Waals surface area contributed by atoms with E-state index in [4.69, 9.17) is 15.2 Å². The molecule has 0 amide bonds. The van der Waals surface area contributed by atoms with Gasteiger partial charge >= 0.3 is 0 Å². The largest absolute Gasteiger partial charge is 0.431 e. The van der Waals surface area contributed by atoms with Crippen LogP contribution < -0.4 is 15.2 Å². The molecule has 0 saturated carbocycles. The minimum atomic E-state index is 0. The lowest BCUT2D eigenvalue weighted by Gasteiger charge is -2.41. The van der Waals surface area contributed by atoms with E-state index in [1.54, 1.807) is 22.7 Å². The van der Waals surface area contributed by atoms with Crippen molar-refractivity contribution in [2.75, 3.05) is 26.2 Å². The second kappa shape index (κ2) is 15.5. The molecule has 4 heterocycles. The number of nitrogens with zero attached hydrogens (tertiary/aromatic N) is 4. The van der Waals surface area contributed by atoms with Crippen LogP contribution in [0.4, 0.5) is 0 Å². The van der Waals surface area contributed by atoms with Gasteiger partial charge in [0.2, 0.25) is 0 Å². The summed E-state index contributed by atoms with van der Waals surface area (Å²) in [7, 11) is 0. The topological polar surface area (TPSA) is 76.7 Å². The van der Waals surface area contributed by atoms with Gasteiger partial charge in [-0.25, -0.2) is 9.97 Å². The highest BCUT2D eigenvalue weighted by Crippen LogP contribution is 2.34. The van der Waals surface area contributed by atoms with Crippen LogP contribution in [0.2, 0.25) is 0 Å². The molecule has 0 bridgehead atoms. The molecule has 0 unspecified atom stereocenters. The molecule has 2 fully saturated rings. The van der Waals surface area contributed by atoms with Crippen molar-refractivity contribution < 1.29 is 9.47 Å². The number of para-hydroxylation sites is 2. The van der Waals surface area contributed by atoms with Crippen LogP contribution in [0.5, 0.6) is 21.9 Å². The van der Waals surface area contributed by atoms with Gasteiger partial charge in [-0.2, -0.15) is 0 Å². The van der Waals surface area contributed by atoms with E-state index in [1.807, 2.05) is 36.4 Å². The van der Waals surface area contributed by atoms with Gasteiger partial charge in [-0.05, 0) is 123 Å². The molecule has 0 spiro atoms. The number of halogens is 1. The highest BCUT2D eigenvalue weighted by atomic mass is 35.5. The van der Waals surface area contributed by atoms with Gasteiger partial charge in [-0.3, -0.25) is 9.80 Å². The van der Waals surface area contributed by atoms with Crippen molar-refractivity contribution in [3.63, 3.8) is 0 Å². The second-order valence-electron chi connectivity index (χ2n) is 13.2. The highest BCUT2D eigenvalue weighted by Gasteiger charge is 2.32. The van der Waals surface area contributed by atoms with E-state index in [9.17, 15) is 0 Å². The minimum Gasteiger partial charge on any atom is -0.431 e. The summed E-state index contributed by atoms with van der Waals surface area (Å²) in [5.74, 6) is 2.89. The maximum absolute atomic E-state index is 6.95. The lowest BCUT2D eigenvalue weighted by molar-refractivity contribution is 0.109. The summed E-state index contributed by atoms with van der Waals surface area (Å²) in [4.78, 5) is 14.3. The lowest BCUT2D eigenvalue weighted by Crippen LogP contribution is -2.47. The first-order chi connectivity index (χ1) is 23.6. The molecule has 2 aliphatic heterocycles. The number of piperidine rings is 2. The molecule has 6 aromatic rings. The Morgan fingerprint density at radius 1 is 0.592 bits per heavy atom. The zero-order valence-electron chi connectivity index (χ0n) is 27.4. The van der Waals surface area contributed by atoms with Crippen LogP contribution >= 0.6 is 35.1 Å². The molecule has 8 rings (SSSR count). The number of nitrogens with two attached hydrogens (primary N) is 1. The summed E-state index contributed by atoms with van der Waals surface area (Å²) in [6.45, 7) is 6.38. The summed E-state index contributed by atoms with van der Waals surface area (Å²) in [6.07, 6.45) is 4.74. The van der Waals surface area contributed by atoms with Crippen molar-refractivity contribution in [1.82, 2.24) is 19.8 Å². The molecular weight excluding hydrogens is 670 g/mol. The Hall–Kier alpha value is -3.57. The summed E-state index contributed by atoms with van der Waals surface area (Å²) in [5.41, 5.74) is 11.5. The molecule has 2 N–H and O–H groups in total. The normalized spacial score (nSPS) is 16.7. The molecule has 0 radical (unpaired) electrons. The predicted octanol–water partition coefficient (Wildman–Crippen LogP) is 9.36. The fourth-order valence-electron chi connectivity index (χ4n) is 7.21. The highest BCUT2D eigenvalue weighted by molar-refractivity contribution is 7.20. The fourth-order valence-corrected chi connectivity index (χ4v) is 8.88. The third-order valence-corrected chi connectivity index (χ3v) is 11.8. The van der Waals surface area contributed by atoms with Crippen LogP contribution in [0.15, 0.2) is 97.1 Å². The van der Waals surface area contributed by atoms with E-state index in [0.29, 0.717) is 28.3 Å². The first-order valence-electron chi connectivity index (χ1n) is 17.1. The Labute approximate surface area is 302 Å². The predicted molar refractivity (Wildman–Crippen MR) is 203 cm³/mol. The van der Waals surface area contributed by atoms with Crippen LogP contribution in [0.25, 0.3) is 20.4 Å². The van der Waals surface area contributed by atoms with Crippen molar-refractivity contribution in [3.05, 3.63) is 108 Å². The van der Waals surface area contributed by atoms with Crippen molar-refractivity contribution in [1.29, 1.82) is 0 Å². The second-order valence-corrected chi connectivity index (χ2v) is 15.2. The van der Waals surface area contributed by atoms with E-state index < -0.39 is 0 Å². The Morgan fingerprint density at radius 2 is 0.980 bits per heavy atom. The molecule has 254 valence electrons. The average molecular weight is 712 g/mol. The van der Waals surface area contributed by atoms with Gasteiger partial charge in [-0.1, -0.05) is 71.2 Å². The van der Waals surface area contributed by atoms with E-state index in [2.05, 4.69) is 80.4 Å². The number of ether oxygens (including phenoxy) is 2. The SMILES string of the molecule is Cl.NC(C1CCN(Cc2ccc(Oc3nc4ccccc4s3)cc2)CC1)C1CCN(Cc2ccc(Oc3nc4ccccc4s3)cc2)CC1. The Balaban J connectivity index is 0.00000378. The van der Waals surface area contributed by atoms with Crippen molar-refractivity contribution in [2.45, 2.75) is 44.8 Å². The van der Waals surface area contributed by atoms with E-state index in [1.165, 1.54) is 36.8 Å². The first kappa shape index (κ1) is 33.9. The first-order valence-corrected chi connectivity index (χ1v) is 18.7. The molecule has 7 nitrogen and oxygen atoms in total. The zero-order chi connectivity index (χ0) is 32.3. The molecule has 0 aliphatic carbocycles. The van der Waals surface area contributed by atoms with Crippen LogP contribution in [0, 0.1) is 11.8 Å². The minimum absolute atomic E-state index is 0. The van der Waals surface area contributed by atoms with Gasteiger partial charge in [0.15, 0.2) is 0 Å². The molecular formula is C39H42ClN5O2S2. The summed E-state index contributed by atoms with van der Waals surface area (Å²) in [6, 6.07) is 33.5. The summed E-state index contributed by atoms with van der Waals surface area (Å²) >= 11 is 3.16. The molecule has 10 heteroatoms.